The van der Waals surface area contributed by atoms with Crippen LogP contribution in [0.25, 0.3) is 11.3 Å². The summed E-state index contributed by atoms with van der Waals surface area (Å²) in [4.78, 5) is 8.63. The quantitative estimate of drug-likeness (QED) is 0.915. The van der Waals surface area contributed by atoms with Crippen LogP contribution >= 0.6 is 11.6 Å². The third-order valence-electron chi connectivity index (χ3n) is 2.98. The highest BCUT2D eigenvalue weighted by Gasteiger charge is 2.11. The van der Waals surface area contributed by atoms with Gasteiger partial charge < -0.3 is 5.32 Å². The molecule has 18 heavy (non-hydrogen) atoms. The number of nitrogens with zero attached hydrogens (tertiary/aromatic N) is 2. The van der Waals surface area contributed by atoms with Gasteiger partial charge in [0.2, 0.25) is 0 Å². The van der Waals surface area contributed by atoms with Crippen LogP contribution in [0.15, 0.2) is 24.5 Å². The maximum Gasteiger partial charge on any atom is 0.132 e. The van der Waals surface area contributed by atoms with Crippen molar-refractivity contribution in [2.75, 3.05) is 12.4 Å². The molecule has 0 saturated carbocycles. The number of benzene rings is 1. The van der Waals surface area contributed by atoms with E-state index in [0.29, 0.717) is 0 Å². The lowest BCUT2D eigenvalue weighted by atomic mass is 10.0. The second-order valence-corrected chi connectivity index (χ2v) is 4.52. The van der Waals surface area contributed by atoms with Crippen LogP contribution in [0.3, 0.4) is 0 Å². The van der Waals surface area contributed by atoms with E-state index < -0.39 is 0 Å². The zero-order valence-corrected chi connectivity index (χ0v) is 11.5. The minimum absolute atomic E-state index is 0.763. The first kappa shape index (κ1) is 12.8. The van der Waals surface area contributed by atoms with Gasteiger partial charge in [-0.2, -0.15) is 0 Å². The summed E-state index contributed by atoms with van der Waals surface area (Å²) in [5, 5.41) is 3.86. The van der Waals surface area contributed by atoms with E-state index in [2.05, 4.69) is 22.2 Å². The molecule has 1 heterocycles. The van der Waals surface area contributed by atoms with Crippen molar-refractivity contribution in [3.63, 3.8) is 0 Å². The van der Waals surface area contributed by atoms with Gasteiger partial charge in [-0.05, 0) is 25.0 Å². The summed E-state index contributed by atoms with van der Waals surface area (Å²) in [6.45, 7) is 4.09. The van der Waals surface area contributed by atoms with Crippen molar-refractivity contribution in [2.24, 2.45) is 0 Å². The standard InChI is InChI=1S/C14H16ClN3/c1-4-11-13(17-8-18-14(11)16-3)10-6-5-9(2)12(15)7-10/h5-8H,4H2,1-3H3,(H,16,17,18). The molecule has 0 aliphatic heterocycles. The lowest BCUT2D eigenvalue weighted by Gasteiger charge is -2.11. The van der Waals surface area contributed by atoms with Gasteiger partial charge in [-0.1, -0.05) is 30.7 Å². The molecule has 4 heteroatoms. The summed E-state index contributed by atoms with van der Waals surface area (Å²) in [5.74, 6) is 0.874. The Morgan fingerprint density at radius 2 is 2.06 bits per heavy atom. The van der Waals surface area contributed by atoms with E-state index >= 15 is 0 Å². The molecule has 0 radical (unpaired) electrons. The summed E-state index contributed by atoms with van der Waals surface area (Å²) in [5.41, 5.74) is 4.15. The van der Waals surface area contributed by atoms with E-state index in [-0.39, 0.29) is 0 Å². The largest absolute Gasteiger partial charge is 0.373 e. The summed E-state index contributed by atoms with van der Waals surface area (Å²) >= 11 is 6.17. The fourth-order valence-electron chi connectivity index (χ4n) is 1.95. The molecule has 0 spiro atoms. The number of hydrogen-bond acceptors (Lipinski definition) is 3. The Morgan fingerprint density at radius 1 is 1.28 bits per heavy atom. The van der Waals surface area contributed by atoms with Gasteiger partial charge in [0.05, 0.1) is 5.69 Å². The number of halogens is 1. The van der Waals surface area contributed by atoms with E-state index in [1.807, 2.05) is 32.2 Å². The van der Waals surface area contributed by atoms with E-state index in [9.17, 15) is 0 Å². The van der Waals surface area contributed by atoms with E-state index in [4.69, 9.17) is 11.6 Å². The smallest absolute Gasteiger partial charge is 0.132 e. The fraction of sp³-hybridized carbons (Fsp3) is 0.286. The zero-order valence-electron chi connectivity index (χ0n) is 10.8. The number of anilines is 1. The third kappa shape index (κ3) is 2.31. The number of nitrogens with one attached hydrogen (secondary N) is 1. The minimum Gasteiger partial charge on any atom is -0.373 e. The molecule has 0 atom stereocenters. The van der Waals surface area contributed by atoms with Crippen molar-refractivity contribution in [3.8, 4) is 11.3 Å². The van der Waals surface area contributed by atoms with Crippen LogP contribution in [0.4, 0.5) is 5.82 Å². The number of aromatic nitrogens is 2. The highest BCUT2D eigenvalue weighted by atomic mass is 35.5. The molecule has 0 aliphatic carbocycles. The highest BCUT2D eigenvalue weighted by molar-refractivity contribution is 6.31. The molecule has 0 fully saturated rings. The van der Waals surface area contributed by atoms with Crippen LogP contribution in [0.2, 0.25) is 5.02 Å². The molecule has 2 aromatic rings. The average Bonchev–Trinajstić information content (AvgIpc) is 2.40. The Hall–Kier alpha value is -1.61. The normalized spacial score (nSPS) is 10.4. The maximum absolute atomic E-state index is 6.17. The summed E-state index contributed by atoms with van der Waals surface area (Å²) in [6, 6.07) is 6.01. The Bertz CT molecular complexity index is 567. The van der Waals surface area contributed by atoms with Crippen LogP contribution in [0.5, 0.6) is 0 Å². The van der Waals surface area contributed by atoms with Crippen molar-refractivity contribution < 1.29 is 0 Å². The van der Waals surface area contributed by atoms with Gasteiger partial charge in [0.1, 0.15) is 12.1 Å². The van der Waals surface area contributed by atoms with Gasteiger partial charge in [0.15, 0.2) is 0 Å². The first-order chi connectivity index (χ1) is 8.67. The molecule has 2 rings (SSSR count). The molecule has 94 valence electrons. The van der Waals surface area contributed by atoms with Crippen molar-refractivity contribution in [1.82, 2.24) is 9.97 Å². The second kappa shape index (κ2) is 5.36. The van der Waals surface area contributed by atoms with Crippen molar-refractivity contribution in [3.05, 3.63) is 40.7 Å². The molecule has 0 bridgehead atoms. The number of aryl methyl sites for hydroxylation is 1. The molecule has 1 N–H and O–H groups in total. The highest BCUT2D eigenvalue weighted by Crippen LogP contribution is 2.29. The first-order valence-corrected chi connectivity index (χ1v) is 6.33. The molecule has 3 nitrogen and oxygen atoms in total. The molecule has 0 amide bonds. The van der Waals surface area contributed by atoms with Crippen LogP contribution in [0.1, 0.15) is 18.1 Å². The third-order valence-corrected chi connectivity index (χ3v) is 3.39. The summed E-state index contributed by atoms with van der Waals surface area (Å²) in [6.07, 6.45) is 2.45. The number of hydrogen-bond donors (Lipinski definition) is 1. The lowest BCUT2D eigenvalue weighted by Crippen LogP contribution is -2.02. The predicted octanol–water partition coefficient (Wildman–Crippen LogP) is 3.71. The second-order valence-electron chi connectivity index (χ2n) is 4.12. The summed E-state index contributed by atoms with van der Waals surface area (Å²) < 4.78 is 0. The van der Waals surface area contributed by atoms with Crippen LogP contribution in [-0.4, -0.2) is 17.0 Å². The minimum atomic E-state index is 0.763. The first-order valence-electron chi connectivity index (χ1n) is 5.95. The molecular formula is C14H16ClN3. The number of rotatable bonds is 3. The van der Waals surface area contributed by atoms with Crippen molar-refractivity contribution >= 4 is 17.4 Å². The molecule has 1 aromatic carbocycles. The maximum atomic E-state index is 6.17. The van der Waals surface area contributed by atoms with Gasteiger partial charge in [-0.25, -0.2) is 9.97 Å². The van der Waals surface area contributed by atoms with Gasteiger partial charge in [0, 0.05) is 23.2 Å². The van der Waals surface area contributed by atoms with Crippen molar-refractivity contribution in [2.45, 2.75) is 20.3 Å². The van der Waals surface area contributed by atoms with Crippen LogP contribution < -0.4 is 5.32 Å². The van der Waals surface area contributed by atoms with Gasteiger partial charge >= 0.3 is 0 Å². The zero-order chi connectivity index (χ0) is 13.1. The topological polar surface area (TPSA) is 37.8 Å². The fourth-order valence-corrected chi connectivity index (χ4v) is 2.13. The molecule has 0 unspecified atom stereocenters. The van der Waals surface area contributed by atoms with Gasteiger partial charge in [-0.3, -0.25) is 0 Å². The molecule has 0 aliphatic rings. The summed E-state index contributed by atoms with van der Waals surface area (Å²) in [7, 11) is 1.87. The van der Waals surface area contributed by atoms with Gasteiger partial charge in [-0.15, -0.1) is 0 Å². The Balaban J connectivity index is 2.59. The van der Waals surface area contributed by atoms with Crippen LogP contribution in [0, 0.1) is 6.92 Å². The van der Waals surface area contributed by atoms with Crippen molar-refractivity contribution in [1.29, 1.82) is 0 Å². The Labute approximate surface area is 112 Å². The Kier molecular flexibility index (Phi) is 3.82. The predicted molar refractivity (Wildman–Crippen MR) is 76.1 cm³/mol. The SMILES string of the molecule is CCc1c(NC)ncnc1-c1ccc(C)c(Cl)c1. The average molecular weight is 262 g/mol. The molecular weight excluding hydrogens is 246 g/mol. The van der Waals surface area contributed by atoms with Crippen LogP contribution in [-0.2, 0) is 6.42 Å². The van der Waals surface area contributed by atoms with E-state index in [0.717, 1.165) is 39.6 Å². The monoisotopic (exact) mass is 261 g/mol. The Morgan fingerprint density at radius 3 is 2.67 bits per heavy atom. The lowest BCUT2D eigenvalue weighted by molar-refractivity contribution is 1.05. The van der Waals surface area contributed by atoms with Gasteiger partial charge in [0.25, 0.3) is 0 Å². The molecule has 0 saturated heterocycles. The van der Waals surface area contributed by atoms with E-state index in [1.54, 1.807) is 6.33 Å². The van der Waals surface area contributed by atoms with E-state index in [1.165, 1.54) is 0 Å². The molecule has 1 aromatic heterocycles.